The Balaban J connectivity index is 2.11. The third-order valence-electron chi connectivity index (χ3n) is 4.15. The van der Waals surface area contributed by atoms with E-state index in [-0.39, 0.29) is 12.5 Å². The van der Waals surface area contributed by atoms with Crippen LogP contribution >= 0.6 is 0 Å². The number of quaternary nitrogens is 1. The molecule has 1 saturated heterocycles. The fraction of sp³-hybridized carbons (Fsp3) is 0.471. The Morgan fingerprint density at radius 1 is 1.20 bits per heavy atom. The zero-order chi connectivity index (χ0) is 18.2. The number of benzene rings is 1. The lowest BCUT2D eigenvalue weighted by Crippen LogP contribution is -3.11. The SMILES string of the molecule is CNC(=O)NC(=O)[C@H](c1ccccc1)[NH+](C)CC(=O)N1CCOCC1. The van der Waals surface area contributed by atoms with Gasteiger partial charge in [-0.15, -0.1) is 0 Å². The standard InChI is InChI=1S/C17H24N4O4/c1-18-17(24)19-16(23)15(13-6-4-3-5-7-13)20(2)12-14(22)21-8-10-25-11-9-21/h3-7,15H,8-12H2,1-2H3,(H2,18,19,23,24)/p+1/t15-/m0/s1. The Kier molecular flexibility index (Phi) is 6.91. The number of hydrogen-bond donors (Lipinski definition) is 3. The Morgan fingerprint density at radius 2 is 1.84 bits per heavy atom. The summed E-state index contributed by atoms with van der Waals surface area (Å²) in [6.45, 7) is 2.34. The molecule has 0 radical (unpaired) electrons. The highest BCUT2D eigenvalue weighted by Crippen LogP contribution is 2.09. The fourth-order valence-corrected chi connectivity index (χ4v) is 2.82. The lowest BCUT2D eigenvalue weighted by molar-refractivity contribution is -0.894. The molecule has 3 N–H and O–H groups in total. The summed E-state index contributed by atoms with van der Waals surface area (Å²) in [6.07, 6.45) is 0. The van der Waals surface area contributed by atoms with E-state index in [4.69, 9.17) is 4.74 Å². The number of nitrogens with zero attached hydrogens (tertiary/aromatic N) is 1. The minimum atomic E-state index is -0.663. The summed E-state index contributed by atoms with van der Waals surface area (Å²) in [6, 6.07) is 7.90. The van der Waals surface area contributed by atoms with Gasteiger partial charge >= 0.3 is 6.03 Å². The maximum Gasteiger partial charge on any atom is 0.321 e. The van der Waals surface area contributed by atoms with Crippen LogP contribution in [-0.4, -0.2) is 69.7 Å². The smallest absolute Gasteiger partial charge is 0.321 e. The first-order valence-electron chi connectivity index (χ1n) is 8.28. The van der Waals surface area contributed by atoms with Crippen molar-refractivity contribution in [3.8, 4) is 0 Å². The molecule has 1 heterocycles. The maximum atomic E-state index is 12.6. The lowest BCUT2D eigenvalue weighted by atomic mass is 10.0. The normalized spacial score (nSPS) is 16.6. The molecule has 1 aliphatic rings. The minimum absolute atomic E-state index is 0.0329. The molecule has 8 nitrogen and oxygen atoms in total. The number of imide groups is 1. The molecule has 4 amide bonds. The molecule has 0 aliphatic carbocycles. The van der Waals surface area contributed by atoms with Crippen LogP contribution in [0, 0.1) is 0 Å². The molecule has 1 fully saturated rings. The quantitative estimate of drug-likeness (QED) is 0.607. The number of rotatable bonds is 5. The van der Waals surface area contributed by atoms with Gasteiger partial charge in [-0.1, -0.05) is 30.3 Å². The minimum Gasteiger partial charge on any atom is -0.378 e. The van der Waals surface area contributed by atoms with E-state index < -0.39 is 18.0 Å². The number of likely N-dealkylation sites (N-methyl/N-ethyl adjacent to an activating group) is 1. The summed E-state index contributed by atoms with van der Waals surface area (Å²) in [4.78, 5) is 39.0. The van der Waals surface area contributed by atoms with Gasteiger partial charge in [0.2, 0.25) is 0 Å². The van der Waals surface area contributed by atoms with Crippen LogP contribution in [-0.2, 0) is 14.3 Å². The number of hydrogen-bond acceptors (Lipinski definition) is 4. The van der Waals surface area contributed by atoms with Gasteiger partial charge in [-0.05, 0) is 0 Å². The molecule has 0 spiro atoms. The Hall–Kier alpha value is -2.45. The van der Waals surface area contributed by atoms with Crippen molar-refractivity contribution in [1.82, 2.24) is 15.5 Å². The van der Waals surface area contributed by atoms with Crippen molar-refractivity contribution in [2.75, 3.05) is 46.9 Å². The number of nitrogens with one attached hydrogen (secondary N) is 3. The van der Waals surface area contributed by atoms with Crippen LogP contribution in [0.2, 0.25) is 0 Å². The van der Waals surface area contributed by atoms with E-state index in [2.05, 4.69) is 10.6 Å². The number of morpholine rings is 1. The lowest BCUT2D eigenvalue weighted by Gasteiger charge is -2.29. The zero-order valence-corrected chi connectivity index (χ0v) is 14.6. The van der Waals surface area contributed by atoms with E-state index in [1.165, 1.54) is 7.05 Å². The van der Waals surface area contributed by atoms with E-state index in [1.807, 2.05) is 30.3 Å². The van der Waals surface area contributed by atoms with Gasteiger partial charge in [0.05, 0.1) is 20.3 Å². The van der Waals surface area contributed by atoms with Gasteiger partial charge in [-0.3, -0.25) is 14.9 Å². The largest absolute Gasteiger partial charge is 0.378 e. The number of amides is 4. The van der Waals surface area contributed by atoms with Gasteiger partial charge in [0.15, 0.2) is 12.6 Å². The van der Waals surface area contributed by atoms with Crippen LogP contribution < -0.4 is 15.5 Å². The third kappa shape index (κ3) is 5.27. The van der Waals surface area contributed by atoms with Crippen LogP contribution in [0.1, 0.15) is 11.6 Å². The van der Waals surface area contributed by atoms with Crippen LogP contribution in [0.5, 0.6) is 0 Å². The molecule has 0 aromatic heterocycles. The summed E-state index contributed by atoms with van der Waals surface area (Å²) in [7, 11) is 3.22. The summed E-state index contributed by atoms with van der Waals surface area (Å²) in [5, 5.41) is 4.67. The Morgan fingerprint density at radius 3 is 2.44 bits per heavy atom. The van der Waals surface area contributed by atoms with Crippen molar-refractivity contribution in [2.45, 2.75) is 6.04 Å². The van der Waals surface area contributed by atoms with E-state index in [1.54, 1.807) is 11.9 Å². The molecule has 8 heteroatoms. The Bertz CT molecular complexity index is 602. The van der Waals surface area contributed by atoms with E-state index in [0.29, 0.717) is 31.2 Å². The summed E-state index contributed by atoms with van der Waals surface area (Å²) >= 11 is 0. The molecule has 1 aromatic carbocycles. The molecule has 1 aromatic rings. The third-order valence-corrected chi connectivity index (χ3v) is 4.15. The van der Waals surface area contributed by atoms with E-state index in [9.17, 15) is 14.4 Å². The zero-order valence-electron chi connectivity index (χ0n) is 14.6. The second-order valence-corrected chi connectivity index (χ2v) is 5.93. The van der Waals surface area contributed by atoms with Crippen molar-refractivity contribution in [3.05, 3.63) is 35.9 Å². The monoisotopic (exact) mass is 349 g/mol. The van der Waals surface area contributed by atoms with Gasteiger partial charge in [0, 0.05) is 25.7 Å². The van der Waals surface area contributed by atoms with Crippen molar-refractivity contribution in [1.29, 1.82) is 0 Å². The molecule has 25 heavy (non-hydrogen) atoms. The number of carbonyl (C=O) groups excluding carboxylic acids is 3. The highest BCUT2D eigenvalue weighted by molar-refractivity contribution is 5.96. The fourth-order valence-electron chi connectivity index (χ4n) is 2.82. The van der Waals surface area contributed by atoms with Crippen molar-refractivity contribution < 1.29 is 24.0 Å². The second-order valence-electron chi connectivity index (χ2n) is 5.93. The average molecular weight is 349 g/mol. The number of urea groups is 1. The second kappa shape index (κ2) is 9.14. The van der Waals surface area contributed by atoms with E-state index in [0.717, 1.165) is 5.56 Å². The van der Waals surface area contributed by atoms with Gasteiger partial charge in [0.1, 0.15) is 0 Å². The molecule has 136 valence electrons. The average Bonchev–Trinajstić information content (AvgIpc) is 2.63. The molecule has 1 aliphatic heterocycles. The molecule has 2 rings (SSSR count). The predicted molar refractivity (Wildman–Crippen MR) is 90.9 cm³/mol. The summed E-state index contributed by atoms with van der Waals surface area (Å²) < 4.78 is 5.26. The molecule has 0 saturated carbocycles. The topological polar surface area (TPSA) is 92.2 Å². The number of carbonyl (C=O) groups is 3. The predicted octanol–water partition coefficient (Wildman–Crippen LogP) is -1.44. The van der Waals surface area contributed by atoms with Gasteiger partial charge in [-0.25, -0.2) is 4.79 Å². The van der Waals surface area contributed by atoms with Crippen molar-refractivity contribution in [3.63, 3.8) is 0 Å². The van der Waals surface area contributed by atoms with Crippen LogP contribution in [0.15, 0.2) is 30.3 Å². The molecular weight excluding hydrogens is 324 g/mol. The first kappa shape index (κ1) is 18.9. The number of ether oxygens (including phenoxy) is 1. The van der Waals surface area contributed by atoms with Gasteiger partial charge in [-0.2, -0.15) is 0 Å². The van der Waals surface area contributed by atoms with Crippen LogP contribution in [0.25, 0.3) is 0 Å². The molecular formula is C17H25N4O4+. The summed E-state index contributed by atoms with van der Waals surface area (Å²) in [5.74, 6) is -0.479. The molecule has 1 unspecified atom stereocenters. The molecule has 2 atom stereocenters. The van der Waals surface area contributed by atoms with Crippen LogP contribution in [0.4, 0.5) is 4.79 Å². The highest BCUT2D eigenvalue weighted by atomic mass is 16.5. The van der Waals surface area contributed by atoms with Crippen molar-refractivity contribution in [2.24, 2.45) is 0 Å². The van der Waals surface area contributed by atoms with Gasteiger partial charge in [0.25, 0.3) is 11.8 Å². The van der Waals surface area contributed by atoms with Crippen molar-refractivity contribution >= 4 is 17.8 Å². The van der Waals surface area contributed by atoms with Gasteiger partial charge < -0.3 is 19.9 Å². The van der Waals surface area contributed by atoms with E-state index >= 15 is 0 Å². The maximum absolute atomic E-state index is 12.6. The van der Waals surface area contributed by atoms with Crippen LogP contribution in [0.3, 0.4) is 0 Å². The Labute approximate surface area is 147 Å². The molecule has 0 bridgehead atoms. The highest BCUT2D eigenvalue weighted by Gasteiger charge is 2.32. The first-order valence-corrected chi connectivity index (χ1v) is 8.28. The first-order chi connectivity index (χ1) is 12.0. The summed E-state index contributed by atoms with van der Waals surface area (Å²) in [5.41, 5.74) is 0.746.